The number of oxazole rings is 1. The summed E-state index contributed by atoms with van der Waals surface area (Å²) in [6.07, 6.45) is 0. The lowest BCUT2D eigenvalue weighted by atomic mass is 10.0. The molecule has 0 aliphatic carbocycles. The first kappa shape index (κ1) is 10.7. The quantitative estimate of drug-likeness (QED) is 0.847. The Bertz CT molecular complexity index is 554. The maximum Gasteiger partial charge on any atom is 0.416 e. The first-order valence-corrected chi connectivity index (χ1v) is 5.07. The predicted octanol–water partition coefficient (Wildman–Crippen LogP) is 2.90. The number of hydrogen-bond donors (Lipinski definition) is 1. The van der Waals surface area contributed by atoms with Crippen molar-refractivity contribution in [3.63, 3.8) is 0 Å². The van der Waals surface area contributed by atoms with Gasteiger partial charge in [0.2, 0.25) is 0 Å². The van der Waals surface area contributed by atoms with Gasteiger partial charge in [-0.15, -0.1) is 0 Å². The largest absolute Gasteiger partial charge is 0.416 e. The van der Waals surface area contributed by atoms with Crippen LogP contribution >= 0.6 is 0 Å². The van der Waals surface area contributed by atoms with Crippen LogP contribution in [0.3, 0.4) is 0 Å². The fourth-order valence-electron chi connectivity index (χ4n) is 1.61. The predicted molar refractivity (Wildman–Crippen MR) is 58.8 cm³/mol. The van der Waals surface area contributed by atoms with E-state index in [0.29, 0.717) is 17.0 Å². The number of nitrogens with one attached hydrogen (secondary N) is 1. The average Bonchev–Trinajstić information content (AvgIpc) is 2.61. The molecule has 2 aromatic rings. The number of hydrogen-bond acceptors (Lipinski definition) is 2. The van der Waals surface area contributed by atoms with Crippen LogP contribution in [-0.2, 0) is 0 Å². The summed E-state index contributed by atoms with van der Waals surface area (Å²) >= 11 is 0. The van der Waals surface area contributed by atoms with Gasteiger partial charge < -0.3 is 4.42 Å². The van der Waals surface area contributed by atoms with Crippen molar-refractivity contribution in [2.45, 2.75) is 19.8 Å². The lowest BCUT2D eigenvalue weighted by Crippen LogP contribution is -1.95. The summed E-state index contributed by atoms with van der Waals surface area (Å²) in [5.74, 6) is -0.424. The van der Waals surface area contributed by atoms with Crippen molar-refractivity contribution in [3.8, 4) is 11.3 Å². The molecule has 4 heteroatoms. The summed E-state index contributed by atoms with van der Waals surface area (Å²) in [7, 11) is 0. The van der Waals surface area contributed by atoms with Crippen molar-refractivity contribution in [2.75, 3.05) is 0 Å². The van der Waals surface area contributed by atoms with Crippen LogP contribution in [0.4, 0.5) is 4.39 Å². The van der Waals surface area contributed by atoms with Gasteiger partial charge in [0.05, 0.1) is 5.69 Å². The number of halogens is 1. The Labute approximate surface area is 91.9 Å². The maximum atomic E-state index is 13.6. The molecular weight excluding hydrogens is 209 g/mol. The molecule has 1 N–H and O–H groups in total. The number of rotatable bonds is 2. The normalized spacial score (nSPS) is 11.0. The van der Waals surface area contributed by atoms with E-state index in [0.717, 1.165) is 0 Å². The summed E-state index contributed by atoms with van der Waals surface area (Å²) in [4.78, 5) is 13.7. The first-order chi connectivity index (χ1) is 7.59. The molecule has 3 nitrogen and oxygen atoms in total. The number of H-pyrrole nitrogens is 1. The van der Waals surface area contributed by atoms with Crippen LogP contribution in [0.2, 0.25) is 0 Å². The van der Waals surface area contributed by atoms with Crippen molar-refractivity contribution in [2.24, 2.45) is 0 Å². The zero-order chi connectivity index (χ0) is 11.7. The molecule has 0 atom stereocenters. The van der Waals surface area contributed by atoms with Gasteiger partial charge in [0.25, 0.3) is 0 Å². The Hall–Kier alpha value is -1.84. The van der Waals surface area contributed by atoms with Crippen molar-refractivity contribution in [1.82, 2.24) is 4.98 Å². The summed E-state index contributed by atoms with van der Waals surface area (Å²) in [6.45, 7) is 3.77. The van der Waals surface area contributed by atoms with E-state index in [1.54, 1.807) is 18.2 Å². The molecule has 0 spiro atoms. The van der Waals surface area contributed by atoms with Gasteiger partial charge in [0.1, 0.15) is 11.6 Å². The minimum Gasteiger partial charge on any atom is -0.412 e. The minimum atomic E-state index is -0.554. The van der Waals surface area contributed by atoms with Crippen LogP contribution < -0.4 is 5.76 Å². The maximum absolute atomic E-state index is 13.6. The van der Waals surface area contributed by atoms with Gasteiger partial charge >= 0.3 is 5.76 Å². The summed E-state index contributed by atoms with van der Waals surface area (Å²) in [6, 6.07) is 6.28. The minimum absolute atomic E-state index is 0.0218. The molecule has 0 unspecified atom stereocenters. The van der Waals surface area contributed by atoms with Gasteiger partial charge in [-0.1, -0.05) is 26.0 Å². The van der Waals surface area contributed by atoms with Crippen LogP contribution in [0.15, 0.2) is 33.5 Å². The van der Waals surface area contributed by atoms with Crippen LogP contribution in [-0.4, -0.2) is 4.98 Å². The molecule has 1 aromatic heterocycles. The summed E-state index contributed by atoms with van der Waals surface area (Å²) in [5.41, 5.74) is 0.787. The van der Waals surface area contributed by atoms with E-state index in [-0.39, 0.29) is 11.7 Å². The third kappa shape index (κ3) is 1.78. The Morgan fingerprint density at radius 2 is 2.00 bits per heavy atom. The molecule has 0 fully saturated rings. The second-order valence-electron chi connectivity index (χ2n) is 3.89. The first-order valence-electron chi connectivity index (χ1n) is 5.07. The van der Waals surface area contributed by atoms with E-state index in [1.165, 1.54) is 6.07 Å². The van der Waals surface area contributed by atoms with Crippen molar-refractivity contribution < 1.29 is 8.81 Å². The van der Waals surface area contributed by atoms with E-state index in [4.69, 9.17) is 4.42 Å². The van der Waals surface area contributed by atoms with Gasteiger partial charge in [-0.25, -0.2) is 9.18 Å². The fraction of sp³-hybridized carbons (Fsp3) is 0.250. The van der Waals surface area contributed by atoms with E-state index >= 15 is 0 Å². The molecule has 0 aliphatic rings. The molecule has 0 aliphatic heterocycles. The zero-order valence-electron chi connectivity index (χ0n) is 9.08. The van der Waals surface area contributed by atoms with Crippen molar-refractivity contribution in [3.05, 3.63) is 46.4 Å². The Kier molecular flexibility index (Phi) is 2.64. The third-order valence-electron chi connectivity index (χ3n) is 2.34. The van der Waals surface area contributed by atoms with E-state index < -0.39 is 5.76 Å². The monoisotopic (exact) mass is 221 g/mol. The molecule has 2 rings (SSSR count). The smallest absolute Gasteiger partial charge is 0.412 e. The molecule has 1 aromatic carbocycles. The Morgan fingerprint density at radius 3 is 2.62 bits per heavy atom. The topological polar surface area (TPSA) is 46.0 Å². The molecular formula is C12H12FNO2. The average molecular weight is 221 g/mol. The van der Waals surface area contributed by atoms with Crippen LogP contribution in [0, 0.1) is 5.82 Å². The number of aromatic amines is 1. The molecule has 1 heterocycles. The molecule has 0 saturated carbocycles. The van der Waals surface area contributed by atoms with Gasteiger partial charge in [-0.05, 0) is 12.1 Å². The van der Waals surface area contributed by atoms with Crippen LogP contribution in [0.25, 0.3) is 11.3 Å². The zero-order valence-corrected chi connectivity index (χ0v) is 9.08. The lowest BCUT2D eigenvalue weighted by Gasteiger charge is -2.04. The molecule has 84 valence electrons. The second kappa shape index (κ2) is 3.96. The van der Waals surface area contributed by atoms with E-state index in [1.807, 2.05) is 13.8 Å². The standard InChI is InChI=1S/C12H12FNO2/c1-7(2)11-10(14-12(15)16-11)8-5-3-4-6-9(8)13/h3-7H,1-2H3,(H,14,15). The van der Waals surface area contributed by atoms with Gasteiger partial charge in [-0.2, -0.15) is 0 Å². The lowest BCUT2D eigenvalue weighted by molar-refractivity contribution is 0.451. The van der Waals surface area contributed by atoms with E-state index in [2.05, 4.69) is 4.98 Å². The van der Waals surface area contributed by atoms with Crippen LogP contribution in [0.5, 0.6) is 0 Å². The molecule has 0 bridgehead atoms. The molecule has 0 radical (unpaired) electrons. The summed E-state index contributed by atoms with van der Waals surface area (Å²) < 4.78 is 18.6. The fourth-order valence-corrected chi connectivity index (χ4v) is 1.61. The van der Waals surface area contributed by atoms with Crippen molar-refractivity contribution >= 4 is 0 Å². The van der Waals surface area contributed by atoms with Gasteiger partial charge in [-0.3, -0.25) is 4.98 Å². The van der Waals surface area contributed by atoms with E-state index in [9.17, 15) is 9.18 Å². The van der Waals surface area contributed by atoms with Crippen molar-refractivity contribution in [1.29, 1.82) is 0 Å². The number of benzene rings is 1. The Balaban J connectivity index is 2.64. The highest BCUT2D eigenvalue weighted by Gasteiger charge is 2.17. The SMILES string of the molecule is CC(C)c1oc(=O)[nH]c1-c1ccccc1F. The third-order valence-corrected chi connectivity index (χ3v) is 2.34. The highest BCUT2D eigenvalue weighted by molar-refractivity contribution is 5.62. The highest BCUT2D eigenvalue weighted by atomic mass is 19.1. The highest BCUT2D eigenvalue weighted by Crippen LogP contribution is 2.27. The van der Waals surface area contributed by atoms with Gasteiger partial charge in [0, 0.05) is 11.5 Å². The number of aromatic nitrogens is 1. The Morgan fingerprint density at radius 1 is 1.31 bits per heavy atom. The van der Waals surface area contributed by atoms with Crippen LogP contribution in [0.1, 0.15) is 25.5 Å². The molecule has 0 amide bonds. The second-order valence-corrected chi connectivity index (χ2v) is 3.89. The molecule has 0 saturated heterocycles. The molecule has 16 heavy (non-hydrogen) atoms. The van der Waals surface area contributed by atoms with Gasteiger partial charge in [0.15, 0.2) is 0 Å². The summed E-state index contributed by atoms with van der Waals surface area (Å²) in [5, 5.41) is 0.